The molecule has 27 heavy (non-hydrogen) atoms. The van der Waals surface area contributed by atoms with Crippen LogP contribution in [0.5, 0.6) is 5.75 Å². The lowest BCUT2D eigenvalue weighted by molar-refractivity contribution is 0.0883. The first-order chi connectivity index (χ1) is 12.7. The molecule has 2 aromatic rings. The second kappa shape index (κ2) is 10.3. The molecule has 3 rings (SSSR count). The van der Waals surface area contributed by atoms with E-state index in [9.17, 15) is 9.18 Å². The fourth-order valence-electron chi connectivity index (χ4n) is 3.41. The van der Waals surface area contributed by atoms with Gasteiger partial charge in [-0.3, -0.25) is 4.79 Å². The molecule has 0 radical (unpaired) electrons. The van der Waals surface area contributed by atoms with E-state index in [1.165, 1.54) is 31.4 Å². The molecule has 3 N–H and O–H groups in total. The Kier molecular flexibility index (Phi) is 8.13. The van der Waals surface area contributed by atoms with Crippen LogP contribution in [0.15, 0.2) is 40.8 Å². The van der Waals surface area contributed by atoms with Gasteiger partial charge in [0.05, 0.1) is 0 Å². The number of rotatable bonds is 7. The maximum Gasteiger partial charge on any atom is 0.287 e. The first-order valence-corrected chi connectivity index (χ1v) is 9.13. The quantitative estimate of drug-likeness (QED) is 0.739. The van der Waals surface area contributed by atoms with Gasteiger partial charge in [0.2, 0.25) is 0 Å². The third-order valence-corrected chi connectivity index (χ3v) is 4.87. The van der Waals surface area contributed by atoms with E-state index in [2.05, 4.69) is 5.32 Å². The maximum absolute atomic E-state index is 12.9. The van der Waals surface area contributed by atoms with Crippen molar-refractivity contribution in [1.82, 2.24) is 5.32 Å². The number of benzene rings is 1. The van der Waals surface area contributed by atoms with Crippen molar-refractivity contribution in [2.45, 2.75) is 44.8 Å². The standard InChI is InChI=1S/C20H25FN2O3.ClH/c21-15-6-8-16(9-7-15)25-13-17-10-11-19(26-17)20(24)23-18(12-22)14-4-2-1-3-5-14;/h6-11,14,18H,1-5,12-13,22H2,(H,23,24);1H. The highest BCUT2D eigenvalue weighted by atomic mass is 35.5. The van der Waals surface area contributed by atoms with Gasteiger partial charge in [0, 0.05) is 12.6 Å². The van der Waals surface area contributed by atoms with Crippen molar-refractivity contribution < 1.29 is 18.3 Å². The summed E-state index contributed by atoms with van der Waals surface area (Å²) < 4.78 is 24.0. The minimum Gasteiger partial charge on any atom is -0.486 e. The van der Waals surface area contributed by atoms with Crippen LogP contribution in [0.25, 0.3) is 0 Å². The van der Waals surface area contributed by atoms with E-state index in [1.54, 1.807) is 24.3 Å². The second-order valence-corrected chi connectivity index (χ2v) is 6.72. The molecule has 1 amide bonds. The Morgan fingerprint density at radius 3 is 2.56 bits per heavy atom. The van der Waals surface area contributed by atoms with Crippen LogP contribution in [-0.2, 0) is 6.61 Å². The molecule has 1 aliphatic rings. The van der Waals surface area contributed by atoms with Crippen LogP contribution in [0.3, 0.4) is 0 Å². The van der Waals surface area contributed by atoms with Gasteiger partial charge in [-0.2, -0.15) is 0 Å². The third-order valence-electron chi connectivity index (χ3n) is 4.87. The molecule has 7 heteroatoms. The Balaban J connectivity index is 0.00000261. The molecule has 1 heterocycles. The lowest BCUT2D eigenvalue weighted by Crippen LogP contribution is -2.45. The monoisotopic (exact) mass is 396 g/mol. The Labute approximate surface area is 164 Å². The van der Waals surface area contributed by atoms with Gasteiger partial charge in [-0.1, -0.05) is 19.3 Å². The number of ether oxygens (including phenoxy) is 1. The van der Waals surface area contributed by atoms with E-state index in [4.69, 9.17) is 14.9 Å². The molecule has 1 aliphatic carbocycles. The van der Waals surface area contributed by atoms with Crippen molar-refractivity contribution in [3.05, 3.63) is 53.7 Å². The van der Waals surface area contributed by atoms with Gasteiger partial charge in [0.1, 0.15) is 23.9 Å². The zero-order valence-corrected chi connectivity index (χ0v) is 16.0. The fourth-order valence-corrected chi connectivity index (χ4v) is 3.41. The van der Waals surface area contributed by atoms with Gasteiger partial charge < -0.3 is 20.2 Å². The topological polar surface area (TPSA) is 77.5 Å². The Morgan fingerprint density at radius 2 is 1.89 bits per heavy atom. The average Bonchev–Trinajstić information content (AvgIpc) is 3.15. The van der Waals surface area contributed by atoms with Gasteiger partial charge >= 0.3 is 0 Å². The average molecular weight is 397 g/mol. The van der Waals surface area contributed by atoms with E-state index in [0.29, 0.717) is 24.0 Å². The Morgan fingerprint density at radius 1 is 1.19 bits per heavy atom. The SMILES string of the molecule is Cl.NCC(NC(=O)c1ccc(COc2ccc(F)cc2)o1)C1CCCCC1. The predicted octanol–water partition coefficient (Wildman–Crippen LogP) is 4.06. The van der Waals surface area contributed by atoms with Crippen molar-refractivity contribution in [1.29, 1.82) is 0 Å². The van der Waals surface area contributed by atoms with Crippen LogP contribution >= 0.6 is 12.4 Å². The first-order valence-electron chi connectivity index (χ1n) is 9.13. The number of nitrogens with two attached hydrogens (primary N) is 1. The Bertz CT molecular complexity index is 714. The van der Waals surface area contributed by atoms with Gasteiger partial charge in [-0.15, -0.1) is 12.4 Å². The number of halogens is 2. The molecule has 1 aromatic heterocycles. The van der Waals surface area contributed by atoms with Crippen LogP contribution in [-0.4, -0.2) is 18.5 Å². The Hall–Kier alpha value is -2.05. The van der Waals surface area contributed by atoms with Crippen LogP contribution in [0.1, 0.15) is 48.4 Å². The molecular weight excluding hydrogens is 371 g/mol. The first kappa shape index (κ1) is 21.3. The normalized spacial score (nSPS) is 15.6. The molecule has 1 saturated carbocycles. The molecule has 148 valence electrons. The van der Waals surface area contributed by atoms with E-state index >= 15 is 0 Å². The molecule has 0 aliphatic heterocycles. The third kappa shape index (κ3) is 5.97. The highest BCUT2D eigenvalue weighted by molar-refractivity contribution is 5.91. The fraction of sp³-hybridized carbons (Fsp3) is 0.450. The largest absolute Gasteiger partial charge is 0.486 e. The highest BCUT2D eigenvalue weighted by Gasteiger charge is 2.25. The second-order valence-electron chi connectivity index (χ2n) is 6.72. The number of furan rings is 1. The minimum absolute atomic E-state index is 0. The lowest BCUT2D eigenvalue weighted by atomic mass is 9.84. The molecule has 5 nitrogen and oxygen atoms in total. The van der Waals surface area contributed by atoms with Gasteiger partial charge in [-0.25, -0.2) is 4.39 Å². The highest BCUT2D eigenvalue weighted by Crippen LogP contribution is 2.26. The molecule has 0 saturated heterocycles. The zero-order valence-electron chi connectivity index (χ0n) is 15.2. The summed E-state index contributed by atoms with van der Waals surface area (Å²) >= 11 is 0. The maximum atomic E-state index is 12.9. The van der Waals surface area contributed by atoms with Crippen LogP contribution < -0.4 is 15.8 Å². The molecular formula is C20H26ClFN2O3. The van der Waals surface area contributed by atoms with E-state index < -0.39 is 0 Å². The molecule has 0 spiro atoms. The summed E-state index contributed by atoms with van der Waals surface area (Å²) in [5.74, 6) is 1.18. The van der Waals surface area contributed by atoms with Gasteiger partial charge in [-0.05, 0) is 55.2 Å². The van der Waals surface area contributed by atoms with E-state index in [-0.39, 0.29) is 42.5 Å². The smallest absolute Gasteiger partial charge is 0.287 e. The molecule has 1 fully saturated rings. The van der Waals surface area contributed by atoms with Gasteiger partial charge in [0.15, 0.2) is 5.76 Å². The van der Waals surface area contributed by atoms with Crippen LogP contribution in [0.4, 0.5) is 4.39 Å². The number of hydrogen-bond acceptors (Lipinski definition) is 4. The van der Waals surface area contributed by atoms with Crippen molar-refractivity contribution in [2.75, 3.05) is 6.54 Å². The minimum atomic E-state index is -0.318. The van der Waals surface area contributed by atoms with Crippen molar-refractivity contribution >= 4 is 18.3 Å². The number of amides is 1. The molecule has 0 bridgehead atoms. The summed E-state index contributed by atoms with van der Waals surface area (Å²) in [5.41, 5.74) is 5.87. The zero-order chi connectivity index (χ0) is 18.4. The van der Waals surface area contributed by atoms with Crippen molar-refractivity contribution in [2.24, 2.45) is 11.7 Å². The summed E-state index contributed by atoms with van der Waals surface area (Å²) in [4.78, 5) is 12.4. The summed E-state index contributed by atoms with van der Waals surface area (Å²) in [6, 6.07) is 9.06. The van der Waals surface area contributed by atoms with E-state index in [0.717, 1.165) is 12.8 Å². The summed E-state index contributed by atoms with van der Waals surface area (Å²) in [7, 11) is 0. The van der Waals surface area contributed by atoms with Gasteiger partial charge in [0.25, 0.3) is 5.91 Å². The van der Waals surface area contributed by atoms with Crippen LogP contribution in [0, 0.1) is 11.7 Å². The van der Waals surface area contributed by atoms with E-state index in [1.807, 2.05) is 0 Å². The summed E-state index contributed by atoms with van der Waals surface area (Å²) in [6.07, 6.45) is 5.87. The number of carbonyl (C=O) groups is 1. The number of nitrogens with one attached hydrogen (secondary N) is 1. The summed E-state index contributed by atoms with van der Waals surface area (Å²) in [5, 5.41) is 3.01. The number of carbonyl (C=O) groups excluding carboxylic acids is 1. The lowest BCUT2D eigenvalue weighted by Gasteiger charge is -2.29. The van der Waals surface area contributed by atoms with Crippen molar-refractivity contribution in [3.63, 3.8) is 0 Å². The molecule has 1 atom stereocenters. The molecule has 1 unspecified atom stereocenters. The van der Waals surface area contributed by atoms with Crippen molar-refractivity contribution in [3.8, 4) is 5.75 Å². The molecule has 1 aromatic carbocycles. The number of hydrogen-bond donors (Lipinski definition) is 2. The summed E-state index contributed by atoms with van der Waals surface area (Å²) in [6.45, 7) is 0.597. The predicted molar refractivity (Wildman–Crippen MR) is 104 cm³/mol. The van der Waals surface area contributed by atoms with Crippen LogP contribution in [0.2, 0.25) is 0 Å².